The summed E-state index contributed by atoms with van der Waals surface area (Å²) in [5, 5.41) is 3.41. The number of nitrogens with one attached hydrogen (secondary N) is 1. The highest BCUT2D eigenvalue weighted by atomic mass is 15.2. The largest absolute Gasteiger partial charge is 0.354 e. The predicted octanol–water partition coefficient (Wildman–Crippen LogP) is 3.66. The fourth-order valence-corrected chi connectivity index (χ4v) is 3.18. The van der Waals surface area contributed by atoms with Gasteiger partial charge in [0.05, 0.1) is 0 Å². The average molecular weight is 275 g/mol. The zero-order valence-electron chi connectivity index (χ0n) is 13.3. The molecule has 2 heterocycles. The van der Waals surface area contributed by atoms with Crippen LogP contribution in [0.2, 0.25) is 0 Å². The molecule has 0 amide bonds. The van der Waals surface area contributed by atoms with E-state index in [1.807, 2.05) is 0 Å². The second-order valence-electron chi connectivity index (χ2n) is 5.89. The van der Waals surface area contributed by atoms with Crippen molar-refractivity contribution in [3.8, 4) is 0 Å². The van der Waals surface area contributed by atoms with Crippen LogP contribution in [-0.4, -0.2) is 24.1 Å². The molecular weight excluding hydrogens is 246 g/mol. The molecule has 3 nitrogen and oxygen atoms in total. The summed E-state index contributed by atoms with van der Waals surface area (Å²) in [6, 6.07) is 5.17. The molecule has 0 radical (unpaired) electrons. The molecule has 112 valence electrons. The Morgan fingerprint density at radius 3 is 2.90 bits per heavy atom. The maximum absolute atomic E-state index is 4.80. The Morgan fingerprint density at radius 1 is 1.30 bits per heavy atom. The Bertz CT molecular complexity index is 415. The van der Waals surface area contributed by atoms with E-state index in [0.717, 1.165) is 18.8 Å². The van der Waals surface area contributed by atoms with Gasteiger partial charge in [-0.05, 0) is 56.8 Å². The molecule has 1 aromatic heterocycles. The number of rotatable bonds is 6. The Morgan fingerprint density at radius 2 is 2.15 bits per heavy atom. The van der Waals surface area contributed by atoms with Gasteiger partial charge in [-0.25, -0.2) is 4.98 Å². The van der Waals surface area contributed by atoms with Crippen LogP contribution in [0.4, 0.5) is 5.82 Å². The minimum Gasteiger partial charge on any atom is -0.354 e. The van der Waals surface area contributed by atoms with Crippen LogP contribution in [0.5, 0.6) is 0 Å². The molecule has 1 N–H and O–H groups in total. The number of nitrogens with zero attached hydrogens (tertiary/aromatic N) is 2. The first-order chi connectivity index (χ1) is 9.74. The Balaban J connectivity index is 2.18. The molecule has 0 spiro atoms. The van der Waals surface area contributed by atoms with Crippen LogP contribution >= 0.6 is 0 Å². The maximum atomic E-state index is 4.80. The SMILES string of the molecule is CCCC1CCCCN1c1cc(CNCC)cc(C)n1. The van der Waals surface area contributed by atoms with Crippen molar-refractivity contribution in [2.75, 3.05) is 18.0 Å². The summed E-state index contributed by atoms with van der Waals surface area (Å²) in [4.78, 5) is 7.35. The number of piperidine rings is 1. The highest BCUT2D eigenvalue weighted by Gasteiger charge is 2.23. The topological polar surface area (TPSA) is 28.2 Å². The van der Waals surface area contributed by atoms with E-state index in [1.165, 1.54) is 50.0 Å². The molecule has 0 aromatic carbocycles. The van der Waals surface area contributed by atoms with Crippen LogP contribution in [0.25, 0.3) is 0 Å². The Labute approximate surface area is 123 Å². The molecule has 2 rings (SSSR count). The summed E-state index contributed by atoms with van der Waals surface area (Å²) in [7, 11) is 0. The second-order valence-corrected chi connectivity index (χ2v) is 5.89. The van der Waals surface area contributed by atoms with Gasteiger partial charge in [0.2, 0.25) is 0 Å². The van der Waals surface area contributed by atoms with Gasteiger partial charge in [0.15, 0.2) is 0 Å². The number of aromatic nitrogens is 1. The quantitative estimate of drug-likeness (QED) is 0.859. The molecule has 1 atom stereocenters. The zero-order chi connectivity index (χ0) is 14.4. The van der Waals surface area contributed by atoms with E-state index < -0.39 is 0 Å². The molecule has 3 heteroatoms. The Kier molecular flexibility index (Phi) is 5.84. The van der Waals surface area contributed by atoms with Crippen molar-refractivity contribution < 1.29 is 0 Å². The molecular formula is C17H29N3. The van der Waals surface area contributed by atoms with E-state index in [9.17, 15) is 0 Å². The monoisotopic (exact) mass is 275 g/mol. The van der Waals surface area contributed by atoms with Gasteiger partial charge in [-0.3, -0.25) is 0 Å². The van der Waals surface area contributed by atoms with Crippen molar-refractivity contribution in [2.24, 2.45) is 0 Å². The summed E-state index contributed by atoms with van der Waals surface area (Å²) < 4.78 is 0. The van der Waals surface area contributed by atoms with Crippen molar-refractivity contribution in [1.82, 2.24) is 10.3 Å². The molecule has 1 unspecified atom stereocenters. The van der Waals surface area contributed by atoms with E-state index in [2.05, 4.69) is 43.1 Å². The first kappa shape index (κ1) is 15.3. The van der Waals surface area contributed by atoms with Crippen molar-refractivity contribution in [2.45, 2.75) is 65.5 Å². The van der Waals surface area contributed by atoms with Crippen LogP contribution in [0, 0.1) is 6.92 Å². The van der Waals surface area contributed by atoms with Crippen LogP contribution < -0.4 is 10.2 Å². The standard InChI is InChI=1S/C17H29N3/c1-4-8-16-9-6-7-10-20(16)17-12-15(13-18-5-2)11-14(3)19-17/h11-12,16,18H,4-10,13H2,1-3H3. The maximum Gasteiger partial charge on any atom is 0.129 e. The van der Waals surface area contributed by atoms with E-state index in [-0.39, 0.29) is 0 Å². The highest BCUT2D eigenvalue weighted by Crippen LogP contribution is 2.27. The number of hydrogen-bond donors (Lipinski definition) is 1. The number of anilines is 1. The fraction of sp³-hybridized carbons (Fsp3) is 0.706. The summed E-state index contributed by atoms with van der Waals surface area (Å²) in [6.45, 7) is 9.67. The number of pyridine rings is 1. The summed E-state index contributed by atoms with van der Waals surface area (Å²) in [6.07, 6.45) is 6.55. The molecule has 0 bridgehead atoms. The molecule has 20 heavy (non-hydrogen) atoms. The molecule has 0 saturated carbocycles. The van der Waals surface area contributed by atoms with Crippen LogP contribution in [0.3, 0.4) is 0 Å². The third kappa shape index (κ3) is 3.95. The average Bonchev–Trinajstić information content (AvgIpc) is 2.45. The molecule has 1 aromatic rings. The summed E-state index contributed by atoms with van der Waals surface area (Å²) in [5.74, 6) is 1.19. The van der Waals surface area contributed by atoms with E-state index in [4.69, 9.17) is 4.98 Å². The lowest BCUT2D eigenvalue weighted by atomic mass is 9.98. The highest BCUT2D eigenvalue weighted by molar-refractivity contribution is 5.44. The first-order valence-electron chi connectivity index (χ1n) is 8.19. The van der Waals surface area contributed by atoms with Crippen LogP contribution in [0.15, 0.2) is 12.1 Å². The lowest BCUT2D eigenvalue weighted by Crippen LogP contribution is -2.40. The van der Waals surface area contributed by atoms with E-state index in [0.29, 0.717) is 6.04 Å². The number of aryl methyl sites for hydroxylation is 1. The van der Waals surface area contributed by atoms with Crippen molar-refractivity contribution in [3.05, 3.63) is 23.4 Å². The third-order valence-electron chi connectivity index (χ3n) is 4.12. The molecule has 1 fully saturated rings. The summed E-state index contributed by atoms with van der Waals surface area (Å²) in [5.41, 5.74) is 2.49. The van der Waals surface area contributed by atoms with Crippen LogP contribution in [-0.2, 0) is 6.54 Å². The molecule has 0 aliphatic carbocycles. The van der Waals surface area contributed by atoms with E-state index >= 15 is 0 Å². The van der Waals surface area contributed by atoms with Gasteiger partial charge in [0, 0.05) is 24.8 Å². The normalized spacial score (nSPS) is 19.4. The minimum atomic E-state index is 0.690. The van der Waals surface area contributed by atoms with Gasteiger partial charge in [-0.2, -0.15) is 0 Å². The third-order valence-corrected chi connectivity index (χ3v) is 4.12. The van der Waals surface area contributed by atoms with Gasteiger partial charge < -0.3 is 10.2 Å². The number of hydrogen-bond acceptors (Lipinski definition) is 3. The lowest BCUT2D eigenvalue weighted by Gasteiger charge is -2.37. The first-order valence-corrected chi connectivity index (χ1v) is 8.19. The van der Waals surface area contributed by atoms with Gasteiger partial charge in [0.1, 0.15) is 5.82 Å². The lowest BCUT2D eigenvalue weighted by molar-refractivity contribution is 0.431. The predicted molar refractivity (Wildman–Crippen MR) is 86.2 cm³/mol. The smallest absolute Gasteiger partial charge is 0.129 e. The Hall–Kier alpha value is -1.09. The summed E-state index contributed by atoms with van der Waals surface area (Å²) >= 11 is 0. The molecule has 1 aliphatic rings. The van der Waals surface area contributed by atoms with Gasteiger partial charge in [-0.15, -0.1) is 0 Å². The van der Waals surface area contributed by atoms with E-state index in [1.54, 1.807) is 0 Å². The minimum absolute atomic E-state index is 0.690. The second kappa shape index (κ2) is 7.63. The molecule has 1 aliphatic heterocycles. The van der Waals surface area contributed by atoms with Crippen molar-refractivity contribution in [1.29, 1.82) is 0 Å². The van der Waals surface area contributed by atoms with Crippen molar-refractivity contribution >= 4 is 5.82 Å². The zero-order valence-corrected chi connectivity index (χ0v) is 13.3. The van der Waals surface area contributed by atoms with Gasteiger partial charge >= 0.3 is 0 Å². The van der Waals surface area contributed by atoms with Gasteiger partial charge in [-0.1, -0.05) is 20.3 Å². The fourth-order valence-electron chi connectivity index (χ4n) is 3.18. The molecule has 1 saturated heterocycles. The van der Waals surface area contributed by atoms with Crippen molar-refractivity contribution in [3.63, 3.8) is 0 Å². The van der Waals surface area contributed by atoms with Gasteiger partial charge in [0.25, 0.3) is 0 Å². The van der Waals surface area contributed by atoms with Crippen LogP contribution in [0.1, 0.15) is 57.2 Å².